The second kappa shape index (κ2) is 11.5. The van der Waals surface area contributed by atoms with Crippen molar-refractivity contribution in [2.45, 2.75) is 0 Å². The van der Waals surface area contributed by atoms with Crippen LogP contribution in [0.25, 0.3) is 116 Å². The molecule has 256 valence electrons. The quantitative estimate of drug-likeness (QED) is 0.182. The molecule has 0 aliphatic rings. The van der Waals surface area contributed by atoms with E-state index in [1.165, 1.54) is 0 Å². The molecule has 0 radical (unpaired) electrons. The van der Waals surface area contributed by atoms with Crippen molar-refractivity contribution >= 4 is 76.5 Å². The molecule has 0 fully saturated rings. The largest absolute Gasteiger partial charge is 0.456 e. The van der Waals surface area contributed by atoms with Gasteiger partial charge in [0, 0.05) is 60.1 Å². The van der Waals surface area contributed by atoms with E-state index in [9.17, 15) is 0 Å². The standard InChI is InChI=1S/C49H28N4O2/c1-3-13-29(14-4-1)47-50-48(30-23-24-34-32-17-8-11-21-41(32)54-43(34)27-30)52-49(51-47)38-28-40-44(37-19-7-10-20-39(37)53(40)31-15-5-2-6-16-31)45-35(38)25-26-36-33-18-9-12-22-42(33)55-46(36)45/h1-28H. The van der Waals surface area contributed by atoms with Crippen molar-refractivity contribution in [1.29, 1.82) is 0 Å². The molecule has 0 saturated heterocycles. The summed E-state index contributed by atoms with van der Waals surface area (Å²) in [5.41, 5.74) is 9.17. The summed E-state index contributed by atoms with van der Waals surface area (Å²) in [6.07, 6.45) is 0. The maximum Gasteiger partial charge on any atom is 0.164 e. The maximum atomic E-state index is 6.81. The van der Waals surface area contributed by atoms with Gasteiger partial charge in [0.15, 0.2) is 17.5 Å². The molecule has 0 N–H and O–H groups in total. The van der Waals surface area contributed by atoms with Crippen molar-refractivity contribution in [2.75, 3.05) is 0 Å². The lowest BCUT2D eigenvalue weighted by Crippen LogP contribution is -2.01. The normalized spacial score (nSPS) is 12.0. The van der Waals surface area contributed by atoms with Gasteiger partial charge in [0.05, 0.1) is 11.0 Å². The summed E-state index contributed by atoms with van der Waals surface area (Å²) in [5.74, 6) is 1.72. The van der Waals surface area contributed by atoms with E-state index in [0.717, 1.165) is 98.8 Å². The highest BCUT2D eigenvalue weighted by Crippen LogP contribution is 2.45. The van der Waals surface area contributed by atoms with Crippen LogP contribution in [0.15, 0.2) is 179 Å². The first-order chi connectivity index (χ1) is 27.3. The van der Waals surface area contributed by atoms with Gasteiger partial charge < -0.3 is 13.4 Å². The zero-order chi connectivity index (χ0) is 36.0. The fourth-order valence-corrected chi connectivity index (χ4v) is 8.38. The van der Waals surface area contributed by atoms with E-state index in [1.54, 1.807) is 0 Å². The topological polar surface area (TPSA) is 69.9 Å². The molecule has 0 aliphatic carbocycles. The summed E-state index contributed by atoms with van der Waals surface area (Å²) < 4.78 is 15.5. The lowest BCUT2D eigenvalue weighted by atomic mass is 9.96. The van der Waals surface area contributed by atoms with Crippen LogP contribution in [0.4, 0.5) is 0 Å². The Hall–Kier alpha value is -7.57. The first kappa shape index (κ1) is 29.9. The van der Waals surface area contributed by atoms with E-state index in [4.69, 9.17) is 23.8 Å². The summed E-state index contributed by atoms with van der Waals surface area (Å²) in [6, 6.07) is 58.4. The lowest BCUT2D eigenvalue weighted by molar-refractivity contribution is 0.669. The van der Waals surface area contributed by atoms with Crippen molar-refractivity contribution in [3.8, 4) is 39.9 Å². The van der Waals surface area contributed by atoms with E-state index in [2.05, 4.69) is 108 Å². The van der Waals surface area contributed by atoms with Crippen LogP contribution in [0.2, 0.25) is 0 Å². The fraction of sp³-hybridized carbons (Fsp3) is 0. The Morgan fingerprint density at radius 2 is 0.945 bits per heavy atom. The molecule has 0 bridgehead atoms. The van der Waals surface area contributed by atoms with Crippen LogP contribution in [-0.2, 0) is 0 Å². The summed E-state index contributed by atoms with van der Waals surface area (Å²) in [6.45, 7) is 0. The van der Waals surface area contributed by atoms with Gasteiger partial charge in [0.1, 0.15) is 22.3 Å². The zero-order valence-electron chi connectivity index (χ0n) is 29.3. The van der Waals surface area contributed by atoms with Gasteiger partial charge in [-0.25, -0.2) is 15.0 Å². The van der Waals surface area contributed by atoms with Crippen LogP contribution < -0.4 is 0 Å². The minimum absolute atomic E-state index is 0.563. The molecule has 0 saturated carbocycles. The first-order valence-corrected chi connectivity index (χ1v) is 18.4. The number of furan rings is 2. The Morgan fingerprint density at radius 3 is 1.75 bits per heavy atom. The Morgan fingerprint density at radius 1 is 0.364 bits per heavy atom. The number of rotatable bonds is 4. The molecule has 0 amide bonds. The van der Waals surface area contributed by atoms with Gasteiger partial charge in [0.2, 0.25) is 0 Å². The van der Waals surface area contributed by atoms with E-state index in [-0.39, 0.29) is 0 Å². The molecular weight excluding hydrogens is 677 g/mol. The van der Waals surface area contributed by atoms with Gasteiger partial charge in [-0.3, -0.25) is 0 Å². The molecule has 0 aliphatic heterocycles. The molecule has 0 atom stereocenters. The SMILES string of the molecule is c1ccc(-c2nc(-c3ccc4c(c3)oc3ccccc34)nc(-c3cc4c(c5ccccc5n4-c4ccccc4)c4c3ccc3c5ccccc5oc34)n2)cc1. The second-order valence-corrected chi connectivity index (χ2v) is 14.0. The average molecular weight is 705 g/mol. The highest BCUT2D eigenvalue weighted by atomic mass is 16.3. The van der Waals surface area contributed by atoms with E-state index < -0.39 is 0 Å². The van der Waals surface area contributed by atoms with Crippen LogP contribution in [0.3, 0.4) is 0 Å². The Kier molecular flexibility index (Phi) is 6.24. The van der Waals surface area contributed by atoms with Gasteiger partial charge in [0.25, 0.3) is 0 Å². The lowest BCUT2D eigenvalue weighted by Gasteiger charge is -2.13. The van der Waals surface area contributed by atoms with E-state index in [0.29, 0.717) is 17.5 Å². The van der Waals surface area contributed by atoms with Crippen molar-refractivity contribution in [3.63, 3.8) is 0 Å². The van der Waals surface area contributed by atoms with Crippen molar-refractivity contribution in [2.24, 2.45) is 0 Å². The highest BCUT2D eigenvalue weighted by molar-refractivity contribution is 6.31. The molecule has 6 heteroatoms. The van der Waals surface area contributed by atoms with Gasteiger partial charge in [-0.05, 0) is 60.0 Å². The Labute approximate surface area is 313 Å². The fourth-order valence-electron chi connectivity index (χ4n) is 8.38. The molecule has 0 spiro atoms. The maximum absolute atomic E-state index is 6.81. The van der Waals surface area contributed by atoms with Gasteiger partial charge >= 0.3 is 0 Å². The highest BCUT2D eigenvalue weighted by Gasteiger charge is 2.24. The van der Waals surface area contributed by atoms with Gasteiger partial charge in [-0.15, -0.1) is 0 Å². The Bertz CT molecular complexity index is 3490. The van der Waals surface area contributed by atoms with Crippen LogP contribution in [0.5, 0.6) is 0 Å². The smallest absolute Gasteiger partial charge is 0.164 e. The number of para-hydroxylation sites is 4. The number of nitrogens with zero attached hydrogens (tertiary/aromatic N) is 4. The number of hydrogen-bond donors (Lipinski definition) is 0. The third-order valence-corrected chi connectivity index (χ3v) is 10.8. The second-order valence-electron chi connectivity index (χ2n) is 14.0. The summed E-state index contributed by atoms with van der Waals surface area (Å²) in [4.78, 5) is 15.6. The van der Waals surface area contributed by atoms with Crippen LogP contribution in [-0.4, -0.2) is 19.5 Å². The summed E-state index contributed by atoms with van der Waals surface area (Å²) >= 11 is 0. The van der Waals surface area contributed by atoms with Crippen molar-refractivity contribution in [1.82, 2.24) is 19.5 Å². The molecule has 8 aromatic carbocycles. The van der Waals surface area contributed by atoms with Gasteiger partial charge in [-0.2, -0.15) is 0 Å². The van der Waals surface area contributed by atoms with E-state index >= 15 is 0 Å². The molecule has 4 aromatic heterocycles. The number of benzene rings is 8. The van der Waals surface area contributed by atoms with Crippen LogP contribution >= 0.6 is 0 Å². The third-order valence-electron chi connectivity index (χ3n) is 10.8. The molecule has 6 nitrogen and oxygen atoms in total. The number of fused-ring (bicyclic) bond motifs is 12. The minimum Gasteiger partial charge on any atom is -0.456 e. The van der Waals surface area contributed by atoms with Crippen molar-refractivity contribution < 1.29 is 8.83 Å². The minimum atomic E-state index is 0.563. The molecule has 12 aromatic rings. The zero-order valence-corrected chi connectivity index (χ0v) is 29.3. The average Bonchev–Trinajstić information content (AvgIpc) is 3.93. The third kappa shape index (κ3) is 4.46. The molecule has 4 heterocycles. The van der Waals surface area contributed by atoms with Crippen LogP contribution in [0.1, 0.15) is 0 Å². The monoisotopic (exact) mass is 704 g/mol. The predicted molar refractivity (Wildman–Crippen MR) is 223 cm³/mol. The van der Waals surface area contributed by atoms with Crippen LogP contribution in [0, 0.1) is 0 Å². The molecule has 0 unspecified atom stereocenters. The van der Waals surface area contributed by atoms with Gasteiger partial charge in [-0.1, -0.05) is 115 Å². The first-order valence-electron chi connectivity index (χ1n) is 18.4. The molecule has 12 rings (SSSR count). The predicted octanol–water partition coefficient (Wildman–Crippen LogP) is 12.9. The number of hydrogen-bond acceptors (Lipinski definition) is 5. The molecular formula is C49H28N4O2. The van der Waals surface area contributed by atoms with E-state index in [1.807, 2.05) is 66.7 Å². The summed E-state index contributed by atoms with van der Waals surface area (Å²) in [5, 5.41) is 8.57. The Balaban J connectivity index is 1.22. The van der Waals surface area contributed by atoms with Crippen molar-refractivity contribution in [3.05, 3.63) is 170 Å². The summed E-state index contributed by atoms with van der Waals surface area (Å²) in [7, 11) is 0. The molecule has 55 heavy (non-hydrogen) atoms. The number of aromatic nitrogens is 4.